The fourth-order valence-corrected chi connectivity index (χ4v) is 2.43. The summed E-state index contributed by atoms with van der Waals surface area (Å²) in [6.07, 6.45) is 4.27. The topological polar surface area (TPSA) is 68.0 Å². The monoisotopic (exact) mass is 499 g/mol. The first-order valence-electron chi connectivity index (χ1n) is 9.09. The third-order valence-corrected chi connectivity index (χ3v) is 3.83. The molecule has 0 saturated heterocycles. The summed E-state index contributed by atoms with van der Waals surface area (Å²) in [6, 6.07) is 10.0. The van der Waals surface area contributed by atoms with Gasteiger partial charge in [-0.05, 0) is 30.7 Å². The first kappa shape index (κ1) is 24.0. The van der Waals surface area contributed by atoms with Crippen molar-refractivity contribution in [2.45, 2.75) is 19.9 Å². The molecule has 0 amide bonds. The molecule has 1 aromatic heterocycles. The van der Waals surface area contributed by atoms with Gasteiger partial charge in [0.1, 0.15) is 18.1 Å². The number of guanidine groups is 1. The van der Waals surface area contributed by atoms with Crippen molar-refractivity contribution < 1.29 is 13.9 Å². The van der Waals surface area contributed by atoms with E-state index in [1.807, 2.05) is 25.1 Å². The predicted octanol–water partition coefficient (Wildman–Crippen LogP) is 3.70. The van der Waals surface area contributed by atoms with Crippen LogP contribution >= 0.6 is 24.0 Å². The van der Waals surface area contributed by atoms with Crippen molar-refractivity contribution in [2.24, 2.45) is 4.99 Å². The van der Waals surface area contributed by atoms with Crippen molar-refractivity contribution in [3.63, 3.8) is 0 Å². The molecule has 0 bridgehead atoms. The van der Waals surface area contributed by atoms with Gasteiger partial charge in [-0.3, -0.25) is 0 Å². The van der Waals surface area contributed by atoms with E-state index >= 15 is 0 Å². The van der Waals surface area contributed by atoms with Crippen LogP contribution in [-0.2, 0) is 17.7 Å². The maximum atomic E-state index is 5.84. The number of rotatable bonds is 11. The zero-order chi connectivity index (χ0) is 19.3. The minimum absolute atomic E-state index is 0. The molecule has 154 valence electrons. The van der Waals surface area contributed by atoms with Crippen molar-refractivity contribution >= 4 is 29.9 Å². The summed E-state index contributed by atoms with van der Waals surface area (Å²) >= 11 is 0. The molecule has 0 saturated carbocycles. The van der Waals surface area contributed by atoms with E-state index in [0.717, 1.165) is 41.6 Å². The first-order valence-corrected chi connectivity index (χ1v) is 9.09. The van der Waals surface area contributed by atoms with E-state index in [0.29, 0.717) is 26.3 Å². The number of nitrogens with zero attached hydrogens (tertiary/aromatic N) is 1. The van der Waals surface area contributed by atoms with Gasteiger partial charge >= 0.3 is 0 Å². The third kappa shape index (κ3) is 8.79. The molecule has 0 aliphatic heterocycles. The number of hydrogen-bond donors (Lipinski definition) is 2. The molecule has 6 nitrogen and oxygen atoms in total. The van der Waals surface area contributed by atoms with Crippen molar-refractivity contribution in [1.29, 1.82) is 0 Å². The van der Waals surface area contributed by atoms with Crippen LogP contribution < -0.4 is 15.4 Å². The second kappa shape index (κ2) is 14.1. The quantitative estimate of drug-likeness (QED) is 0.162. The van der Waals surface area contributed by atoms with Crippen LogP contribution in [0.25, 0.3) is 0 Å². The molecule has 0 unspecified atom stereocenters. The smallest absolute Gasteiger partial charge is 0.191 e. The van der Waals surface area contributed by atoms with E-state index < -0.39 is 0 Å². The standard InChI is InChI=1S/C21H29N3O3.HI/c1-4-10-22-21(23-11-9-19-6-5-12-26-19)24-16-18-8-7-17(2)15-20(18)27-14-13-25-3;/h4-8,12,15H,1,9-11,13-14,16H2,2-3H3,(H2,22,23,24);1H. The predicted molar refractivity (Wildman–Crippen MR) is 124 cm³/mol. The number of ether oxygens (including phenoxy) is 2. The Labute approximate surface area is 184 Å². The number of hydrogen-bond acceptors (Lipinski definition) is 4. The number of aliphatic imine (C=N–C) groups is 1. The Morgan fingerprint density at radius 3 is 2.82 bits per heavy atom. The normalized spacial score (nSPS) is 10.9. The maximum Gasteiger partial charge on any atom is 0.191 e. The van der Waals surface area contributed by atoms with Crippen molar-refractivity contribution in [3.8, 4) is 5.75 Å². The fourth-order valence-electron chi connectivity index (χ4n) is 2.43. The highest BCUT2D eigenvalue weighted by molar-refractivity contribution is 14.0. The third-order valence-electron chi connectivity index (χ3n) is 3.83. The molecule has 0 fully saturated rings. The summed E-state index contributed by atoms with van der Waals surface area (Å²) in [5.41, 5.74) is 2.18. The average Bonchev–Trinajstić information content (AvgIpc) is 3.18. The van der Waals surface area contributed by atoms with Crippen molar-refractivity contribution in [1.82, 2.24) is 10.6 Å². The van der Waals surface area contributed by atoms with E-state index in [1.54, 1.807) is 19.4 Å². The van der Waals surface area contributed by atoms with Crippen molar-refractivity contribution in [2.75, 3.05) is 33.4 Å². The van der Waals surface area contributed by atoms with Gasteiger partial charge in [0.15, 0.2) is 5.96 Å². The number of halogens is 1. The van der Waals surface area contributed by atoms with E-state index in [2.05, 4.69) is 34.3 Å². The lowest BCUT2D eigenvalue weighted by molar-refractivity contribution is 0.146. The highest BCUT2D eigenvalue weighted by atomic mass is 127. The van der Waals surface area contributed by atoms with Gasteiger partial charge in [-0.25, -0.2) is 4.99 Å². The van der Waals surface area contributed by atoms with E-state index in [-0.39, 0.29) is 24.0 Å². The van der Waals surface area contributed by atoms with Gasteiger partial charge in [-0.15, -0.1) is 30.6 Å². The fraction of sp³-hybridized carbons (Fsp3) is 0.381. The molecule has 0 aliphatic carbocycles. The molecule has 7 heteroatoms. The molecule has 2 N–H and O–H groups in total. The lowest BCUT2D eigenvalue weighted by atomic mass is 10.1. The zero-order valence-electron chi connectivity index (χ0n) is 16.6. The minimum atomic E-state index is 0. The Kier molecular flexibility index (Phi) is 12.1. The van der Waals surface area contributed by atoms with E-state index in [9.17, 15) is 0 Å². The molecule has 2 aromatic rings. The molecule has 28 heavy (non-hydrogen) atoms. The lowest BCUT2D eigenvalue weighted by Gasteiger charge is -2.13. The Morgan fingerprint density at radius 2 is 2.11 bits per heavy atom. The van der Waals surface area contributed by atoms with Crippen LogP contribution in [0.2, 0.25) is 0 Å². The number of furan rings is 1. The SMILES string of the molecule is C=CCNC(=NCc1ccc(C)cc1OCCOC)NCCc1ccco1.I. The maximum absolute atomic E-state index is 5.84. The molecule has 1 aromatic carbocycles. The summed E-state index contributed by atoms with van der Waals surface area (Å²) in [4.78, 5) is 4.67. The zero-order valence-corrected chi connectivity index (χ0v) is 18.9. The lowest BCUT2D eigenvalue weighted by Crippen LogP contribution is -2.38. The first-order chi connectivity index (χ1) is 13.2. The summed E-state index contributed by atoms with van der Waals surface area (Å²) in [5, 5.41) is 6.55. The van der Waals surface area contributed by atoms with Crippen LogP contribution in [0.1, 0.15) is 16.9 Å². The average molecular weight is 499 g/mol. The Balaban J connectivity index is 0.00000392. The van der Waals surface area contributed by atoms with Crippen LogP contribution in [0, 0.1) is 6.92 Å². The van der Waals surface area contributed by atoms with Gasteiger partial charge in [0.25, 0.3) is 0 Å². The van der Waals surface area contributed by atoms with Crippen LogP contribution in [0.5, 0.6) is 5.75 Å². The van der Waals surface area contributed by atoms with Crippen LogP contribution in [0.4, 0.5) is 0 Å². The van der Waals surface area contributed by atoms with E-state index in [4.69, 9.17) is 13.9 Å². The van der Waals surface area contributed by atoms with Crippen LogP contribution in [0.15, 0.2) is 58.7 Å². The molecule has 0 atom stereocenters. The number of methoxy groups -OCH3 is 1. The second-order valence-corrected chi connectivity index (χ2v) is 6.04. The van der Waals surface area contributed by atoms with Gasteiger partial charge in [-0.1, -0.05) is 18.2 Å². The van der Waals surface area contributed by atoms with Crippen molar-refractivity contribution in [3.05, 3.63) is 66.1 Å². The van der Waals surface area contributed by atoms with Crippen LogP contribution in [-0.4, -0.2) is 39.4 Å². The molecule has 0 spiro atoms. The number of aryl methyl sites for hydroxylation is 1. The molecule has 0 aliphatic rings. The van der Waals surface area contributed by atoms with Gasteiger partial charge in [0.2, 0.25) is 0 Å². The molecule has 0 radical (unpaired) electrons. The largest absolute Gasteiger partial charge is 0.491 e. The molecule has 1 heterocycles. The van der Waals surface area contributed by atoms with Gasteiger partial charge in [0.05, 0.1) is 19.4 Å². The number of benzene rings is 1. The Hall–Kier alpha value is -2.00. The number of nitrogens with one attached hydrogen (secondary N) is 2. The summed E-state index contributed by atoms with van der Waals surface area (Å²) in [7, 11) is 1.66. The van der Waals surface area contributed by atoms with Gasteiger partial charge in [0, 0.05) is 32.2 Å². The Morgan fingerprint density at radius 1 is 1.25 bits per heavy atom. The van der Waals surface area contributed by atoms with Crippen LogP contribution in [0.3, 0.4) is 0 Å². The molecule has 2 rings (SSSR count). The highest BCUT2D eigenvalue weighted by Crippen LogP contribution is 2.21. The highest BCUT2D eigenvalue weighted by Gasteiger charge is 2.06. The minimum Gasteiger partial charge on any atom is -0.491 e. The summed E-state index contributed by atoms with van der Waals surface area (Å²) in [6.45, 7) is 8.73. The van der Waals surface area contributed by atoms with E-state index in [1.165, 1.54) is 0 Å². The Bertz CT molecular complexity index is 718. The second-order valence-electron chi connectivity index (χ2n) is 6.04. The summed E-state index contributed by atoms with van der Waals surface area (Å²) < 4.78 is 16.3. The molecular formula is C21H30IN3O3. The van der Waals surface area contributed by atoms with Gasteiger partial charge < -0.3 is 24.5 Å². The van der Waals surface area contributed by atoms with Gasteiger partial charge in [-0.2, -0.15) is 0 Å². The molecular weight excluding hydrogens is 469 g/mol. The summed E-state index contributed by atoms with van der Waals surface area (Å²) in [5.74, 6) is 2.51.